The van der Waals surface area contributed by atoms with Gasteiger partial charge in [0, 0.05) is 43.0 Å². The van der Waals surface area contributed by atoms with Gasteiger partial charge in [0.25, 0.3) is 0 Å². The van der Waals surface area contributed by atoms with Gasteiger partial charge in [0.15, 0.2) is 0 Å². The Balaban J connectivity index is 1.38. The van der Waals surface area contributed by atoms with E-state index in [9.17, 15) is 4.79 Å². The summed E-state index contributed by atoms with van der Waals surface area (Å²) in [5.41, 5.74) is 3.00. The van der Waals surface area contributed by atoms with Crippen molar-refractivity contribution in [3.05, 3.63) is 54.6 Å². The fourth-order valence-corrected chi connectivity index (χ4v) is 4.39. The van der Waals surface area contributed by atoms with Crippen molar-refractivity contribution in [1.29, 1.82) is 0 Å². The third-order valence-electron chi connectivity index (χ3n) is 6.09. The van der Waals surface area contributed by atoms with Crippen LogP contribution in [0.2, 0.25) is 0 Å². The number of benzene rings is 2. The molecule has 0 spiro atoms. The van der Waals surface area contributed by atoms with Crippen molar-refractivity contribution >= 4 is 22.8 Å². The molecular weight excluding hydrogens is 376 g/mol. The fraction of sp³-hybridized carbons (Fsp3) is 0.375. The molecule has 5 rings (SSSR count). The predicted molar refractivity (Wildman–Crippen MR) is 117 cm³/mol. The fourth-order valence-electron chi connectivity index (χ4n) is 4.39. The Kier molecular flexibility index (Phi) is 5.32. The van der Waals surface area contributed by atoms with Gasteiger partial charge < -0.3 is 14.5 Å². The molecule has 0 bridgehead atoms. The number of carbonyl (C=O) groups is 1. The smallest absolute Gasteiger partial charge is 0.226 e. The molecule has 0 N–H and O–H groups in total. The first-order valence-electron chi connectivity index (χ1n) is 10.7. The van der Waals surface area contributed by atoms with Crippen molar-refractivity contribution in [1.82, 2.24) is 14.9 Å². The molecule has 30 heavy (non-hydrogen) atoms. The van der Waals surface area contributed by atoms with Gasteiger partial charge in [-0.05, 0) is 18.9 Å². The lowest BCUT2D eigenvalue weighted by Crippen LogP contribution is -2.47. The van der Waals surface area contributed by atoms with E-state index >= 15 is 0 Å². The second kappa shape index (κ2) is 8.40. The van der Waals surface area contributed by atoms with Crippen LogP contribution in [0.15, 0.2) is 54.6 Å². The number of fused-ring (bicyclic) bond motifs is 1. The van der Waals surface area contributed by atoms with Crippen LogP contribution in [0, 0.1) is 5.92 Å². The van der Waals surface area contributed by atoms with Crippen molar-refractivity contribution < 1.29 is 9.53 Å². The van der Waals surface area contributed by atoms with Gasteiger partial charge in [0.2, 0.25) is 11.9 Å². The topological polar surface area (TPSA) is 58.6 Å². The van der Waals surface area contributed by atoms with E-state index in [4.69, 9.17) is 14.7 Å². The van der Waals surface area contributed by atoms with Crippen molar-refractivity contribution in [3.8, 4) is 11.3 Å². The normalized spacial score (nSPS) is 18.0. The summed E-state index contributed by atoms with van der Waals surface area (Å²) in [4.78, 5) is 26.8. The molecule has 6 nitrogen and oxygen atoms in total. The molecule has 0 atom stereocenters. The van der Waals surface area contributed by atoms with E-state index in [1.807, 2.05) is 41.3 Å². The van der Waals surface area contributed by atoms with E-state index in [1.165, 1.54) is 0 Å². The van der Waals surface area contributed by atoms with E-state index in [2.05, 4.69) is 23.1 Å². The molecule has 2 aliphatic heterocycles. The summed E-state index contributed by atoms with van der Waals surface area (Å²) in [5, 5.41) is 1.06. The maximum Gasteiger partial charge on any atom is 0.226 e. The Morgan fingerprint density at radius 3 is 2.33 bits per heavy atom. The summed E-state index contributed by atoms with van der Waals surface area (Å²) < 4.78 is 5.38. The summed E-state index contributed by atoms with van der Waals surface area (Å²) in [6.45, 7) is 4.33. The van der Waals surface area contributed by atoms with Gasteiger partial charge in [-0.2, -0.15) is 0 Å². The zero-order valence-electron chi connectivity index (χ0n) is 17.0. The van der Waals surface area contributed by atoms with Crippen LogP contribution >= 0.6 is 0 Å². The summed E-state index contributed by atoms with van der Waals surface area (Å²) in [6, 6.07) is 18.4. The van der Waals surface area contributed by atoms with E-state index in [0.717, 1.165) is 54.0 Å². The number of hydrogen-bond acceptors (Lipinski definition) is 5. The molecule has 2 saturated heterocycles. The number of morpholine rings is 1. The van der Waals surface area contributed by atoms with Crippen molar-refractivity contribution in [3.63, 3.8) is 0 Å². The summed E-state index contributed by atoms with van der Waals surface area (Å²) >= 11 is 0. The van der Waals surface area contributed by atoms with E-state index in [-0.39, 0.29) is 11.8 Å². The largest absolute Gasteiger partial charge is 0.378 e. The number of aromatic nitrogens is 2. The van der Waals surface area contributed by atoms with Gasteiger partial charge in [0.05, 0.1) is 24.4 Å². The monoisotopic (exact) mass is 402 g/mol. The van der Waals surface area contributed by atoms with Crippen molar-refractivity contribution in [2.75, 3.05) is 44.3 Å². The number of ether oxygens (including phenoxy) is 1. The van der Waals surface area contributed by atoms with Crippen LogP contribution in [0.3, 0.4) is 0 Å². The summed E-state index contributed by atoms with van der Waals surface area (Å²) in [5.74, 6) is 1.13. The zero-order valence-corrected chi connectivity index (χ0v) is 17.0. The number of amides is 1. The number of rotatable bonds is 3. The first kappa shape index (κ1) is 19.0. The maximum absolute atomic E-state index is 12.8. The van der Waals surface area contributed by atoms with Crippen molar-refractivity contribution in [2.45, 2.75) is 12.8 Å². The maximum atomic E-state index is 12.8. The minimum Gasteiger partial charge on any atom is -0.378 e. The van der Waals surface area contributed by atoms with Gasteiger partial charge in [-0.15, -0.1) is 0 Å². The van der Waals surface area contributed by atoms with E-state index < -0.39 is 0 Å². The zero-order chi connectivity index (χ0) is 20.3. The van der Waals surface area contributed by atoms with Crippen molar-refractivity contribution in [2.24, 2.45) is 5.92 Å². The molecule has 2 aliphatic rings. The molecule has 1 aromatic heterocycles. The summed E-state index contributed by atoms with van der Waals surface area (Å²) in [6.07, 6.45) is 1.68. The Hall–Kier alpha value is -2.99. The van der Waals surface area contributed by atoms with Crippen LogP contribution in [-0.4, -0.2) is 60.2 Å². The number of piperidine rings is 1. The Morgan fingerprint density at radius 2 is 1.57 bits per heavy atom. The van der Waals surface area contributed by atoms with Crippen LogP contribution in [0.1, 0.15) is 12.8 Å². The van der Waals surface area contributed by atoms with Crippen LogP contribution < -0.4 is 4.90 Å². The number of hydrogen-bond donors (Lipinski definition) is 0. The molecule has 3 aromatic rings. The highest BCUT2D eigenvalue weighted by atomic mass is 16.5. The number of para-hydroxylation sites is 1. The molecule has 0 radical (unpaired) electrons. The lowest BCUT2D eigenvalue weighted by atomic mass is 9.95. The Bertz CT molecular complexity index is 1030. The highest BCUT2D eigenvalue weighted by molar-refractivity contribution is 5.93. The number of anilines is 1. The molecule has 0 saturated carbocycles. The van der Waals surface area contributed by atoms with Gasteiger partial charge in [-0.25, -0.2) is 9.97 Å². The molecule has 1 amide bonds. The molecule has 3 heterocycles. The number of nitrogens with zero attached hydrogens (tertiary/aromatic N) is 4. The molecule has 0 aliphatic carbocycles. The Labute approximate surface area is 176 Å². The average Bonchev–Trinajstić information content (AvgIpc) is 2.84. The van der Waals surface area contributed by atoms with Crippen LogP contribution in [0.4, 0.5) is 5.95 Å². The average molecular weight is 402 g/mol. The second-order valence-electron chi connectivity index (χ2n) is 7.95. The molecule has 154 valence electrons. The van der Waals surface area contributed by atoms with Crippen LogP contribution in [0.25, 0.3) is 22.2 Å². The second-order valence-corrected chi connectivity index (χ2v) is 7.95. The molecule has 2 fully saturated rings. The third kappa shape index (κ3) is 3.75. The molecule has 6 heteroatoms. The van der Waals surface area contributed by atoms with Gasteiger partial charge in [-0.1, -0.05) is 48.5 Å². The first-order valence-corrected chi connectivity index (χ1v) is 10.7. The third-order valence-corrected chi connectivity index (χ3v) is 6.09. The Morgan fingerprint density at radius 1 is 0.867 bits per heavy atom. The lowest BCUT2D eigenvalue weighted by molar-refractivity contribution is -0.140. The van der Waals surface area contributed by atoms with Crippen LogP contribution in [0.5, 0.6) is 0 Å². The predicted octanol–water partition coefficient (Wildman–Crippen LogP) is 3.37. The van der Waals surface area contributed by atoms with Gasteiger partial charge in [-0.3, -0.25) is 4.79 Å². The SMILES string of the molecule is O=C(C1CCN(c2nc(-c3ccccc3)c3ccccc3n2)CC1)N1CCOCC1. The van der Waals surface area contributed by atoms with Gasteiger partial charge >= 0.3 is 0 Å². The standard InChI is InChI=1S/C24H26N4O2/c29-23(27-14-16-30-17-15-27)19-10-12-28(13-11-19)24-25-21-9-5-4-8-20(21)22(26-24)18-6-2-1-3-7-18/h1-9,19H,10-17H2. The summed E-state index contributed by atoms with van der Waals surface area (Å²) in [7, 11) is 0. The van der Waals surface area contributed by atoms with E-state index in [1.54, 1.807) is 0 Å². The molecular formula is C24H26N4O2. The first-order chi connectivity index (χ1) is 14.8. The minimum atomic E-state index is 0.0911. The van der Waals surface area contributed by atoms with Crippen LogP contribution in [-0.2, 0) is 9.53 Å². The quantitative estimate of drug-likeness (QED) is 0.672. The molecule has 2 aromatic carbocycles. The highest BCUT2D eigenvalue weighted by Crippen LogP contribution is 2.30. The van der Waals surface area contributed by atoms with E-state index in [0.29, 0.717) is 26.3 Å². The minimum absolute atomic E-state index is 0.0911. The van der Waals surface area contributed by atoms with Gasteiger partial charge in [0.1, 0.15) is 0 Å². The highest BCUT2D eigenvalue weighted by Gasteiger charge is 2.30. The molecule has 0 unspecified atom stereocenters. The lowest BCUT2D eigenvalue weighted by Gasteiger charge is -2.35. The number of carbonyl (C=O) groups excluding carboxylic acids is 1.